The van der Waals surface area contributed by atoms with Gasteiger partial charge < -0.3 is 9.74 Å². The highest BCUT2D eigenvalue weighted by atomic mass is 32.2. The first-order valence-electron chi connectivity index (χ1n) is 10.6. The number of benzene rings is 2. The number of sulfonamides is 1. The van der Waals surface area contributed by atoms with Crippen molar-refractivity contribution in [2.45, 2.75) is 30.8 Å². The fourth-order valence-electron chi connectivity index (χ4n) is 4.19. The van der Waals surface area contributed by atoms with Gasteiger partial charge in [0.05, 0.1) is 5.51 Å². The van der Waals surface area contributed by atoms with E-state index in [0.29, 0.717) is 15.7 Å². The van der Waals surface area contributed by atoms with E-state index in [1.54, 1.807) is 6.92 Å². The van der Waals surface area contributed by atoms with Gasteiger partial charge in [-0.1, -0.05) is 34.8 Å². The molecule has 0 spiro atoms. The molecule has 0 unspecified atom stereocenters. The number of hydrogen-bond donors (Lipinski definition) is 0. The van der Waals surface area contributed by atoms with Crippen LogP contribution in [0, 0.1) is 12.7 Å². The highest BCUT2D eigenvalue weighted by molar-refractivity contribution is 7.92. The van der Waals surface area contributed by atoms with Crippen LogP contribution in [-0.4, -0.2) is 51.0 Å². The monoisotopic (exact) mass is 504 g/mol. The third-order valence-electron chi connectivity index (χ3n) is 5.92. The molecule has 1 fully saturated rings. The van der Waals surface area contributed by atoms with Gasteiger partial charge in [0.15, 0.2) is 5.82 Å². The summed E-state index contributed by atoms with van der Waals surface area (Å²) in [5.41, 5.74) is 3.83. The fourth-order valence-corrected chi connectivity index (χ4v) is 6.07. The molecule has 2 aromatic carbocycles. The summed E-state index contributed by atoms with van der Waals surface area (Å²) >= 11 is 1.12. The molecular formula is C23H25FN4O4S2. The average Bonchev–Trinajstić information content (AvgIpc) is 3.51. The van der Waals surface area contributed by atoms with Crippen molar-refractivity contribution in [2.24, 2.45) is 0 Å². The van der Waals surface area contributed by atoms with Crippen molar-refractivity contribution in [1.82, 2.24) is 9.88 Å². The van der Waals surface area contributed by atoms with Gasteiger partial charge in [-0.15, -0.1) is 11.3 Å². The van der Waals surface area contributed by atoms with Crippen LogP contribution in [0.5, 0.6) is 0 Å². The number of likely N-dealkylation sites (tertiary alicyclic amines) is 1. The van der Waals surface area contributed by atoms with Crippen molar-refractivity contribution < 1.29 is 22.4 Å². The van der Waals surface area contributed by atoms with Crippen LogP contribution in [0.3, 0.4) is 0 Å². The first-order chi connectivity index (χ1) is 16.3. The Hall–Kier alpha value is -3.02. The van der Waals surface area contributed by atoms with Crippen molar-refractivity contribution in [3.05, 3.63) is 70.3 Å². The molecule has 2 heterocycles. The van der Waals surface area contributed by atoms with Crippen LogP contribution in [-0.2, 0) is 26.2 Å². The molecule has 3 aromatic rings. The third-order valence-corrected chi connectivity index (χ3v) is 8.07. The molecule has 180 valence electrons. The lowest BCUT2D eigenvalue weighted by atomic mass is 10.1. The van der Waals surface area contributed by atoms with Gasteiger partial charge in [-0.05, 0) is 36.6 Å². The Morgan fingerprint density at radius 3 is 2.74 bits per heavy atom. The van der Waals surface area contributed by atoms with E-state index in [1.807, 2.05) is 30.1 Å². The van der Waals surface area contributed by atoms with E-state index in [-0.39, 0.29) is 18.3 Å². The number of nitrogens with zero attached hydrogens (tertiary/aromatic N) is 4. The molecule has 1 saturated heterocycles. The molecule has 1 aliphatic rings. The van der Waals surface area contributed by atoms with Crippen molar-refractivity contribution in [3.8, 4) is 0 Å². The van der Waals surface area contributed by atoms with Crippen molar-refractivity contribution in [2.75, 3.05) is 29.5 Å². The van der Waals surface area contributed by atoms with Crippen LogP contribution in [0.25, 0.3) is 0 Å². The Labute approximate surface area is 202 Å². The summed E-state index contributed by atoms with van der Waals surface area (Å²) in [7, 11) is -2.63. The topological polar surface area (TPSA) is 83.0 Å². The van der Waals surface area contributed by atoms with E-state index in [4.69, 9.17) is 0 Å². The van der Waals surface area contributed by atoms with Gasteiger partial charge >= 0.3 is 6.47 Å². The van der Waals surface area contributed by atoms with Crippen LogP contribution < -0.4 is 9.37 Å². The zero-order valence-electron chi connectivity index (χ0n) is 18.8. The van der Waals surface area contributed by atoms with Crippen LogP contribution >= 0.6 is 11.3 Å². The molecule has 34 heavy (non-hydrogen) atoms. The fraction of sp³-hybridized carbons (Fsp3) is 0.304. The van der Waals surface area contributed by atoms with Gasteiger partial charge in [-0.3, -0.25) is 9.69 Å². The number of hydrogen-bond acceptors (Lipinski definition) is 8. The number of aryl methyl sites for hydroxylation is 1. The minimum absolute atomic E-state index is 0.0366. The van der Waals surface area contributed by atoms with Crippen LogP contribution in [0.1, 0.15) is 17.5 Å². The normalized spacial score (nSPS) is 16.4. The number of thiazole rings is 1. The lowest BCUT2D eigenvalue weighted by molar-refractivity contribution is -0.128. The first-order valence-corrected chi connectivity index (χ1v) is 13.0. The maximum atomic E-state index is 15.2. The Kier molecular flexibility index (Phi) is 7.15. The second kappa shape index (κ2) is 10.1. The summed E-state index contributed by atoms with van der Waals surface area (Å²) in [6.07, 6.45) is 0.912. The number of carbonyl (C=O) groups excluding carboxylic acids is 1. The average molecular weight is 505 g/mol. The number of rotatable bonds is 9. The van der Waals surface area contributed by atoms with E-state index in [2.05, 4.69) is 26.9 Å². The molecule has 1 aliphatic heterocycles. The highest BCUT2D eigenvalue weighted by Crippen LogP contribution is 2.32. The molecule has 0 radical (unpaired) electrons. The van der Waals surface area contributed by atoms with Gasteiger partial charge in [0.2, 0.25) is 0 Å². The second-order valence-electron chi connectivity index (χ2n) is 8.12. The third kappa shape index (κ3) is 4.91. The zero-order valence-corrected chi connectivity index (χ0v) is 20.4. The van der Waals surface area contributed by atoms with E-state index in [1.165, 1.54) is 28.6 Å². The molecule has 0 amide bonds. The van der Waals surface area contributed by atoms with Gasteiger partial charge in [-0.25, -0.2) is 9.37 Å². The Morgan fingerprint density at radius 1 is 1.29 bits per heavy atom. The van der Waals surface area contributed by atoms with Crippen LogP contribution in [0.2, 0.25) is 0 Å². The number of aromatic nitrogens is 1. The number of carbonyl (C=O) groups is 1. The Balaban J connectivity index is 1.55. The lowest BCUT2D eigenvalue weighted by Gasteiger charge is -2.29. The SMILES string of the molecule is Cc1cc(S(=O)(=O)N(OC=O)c2cscn2)c(F)cc1N(C)[C@H]1CCN(Cc2ccccc2)C1. The largest absolute Gasteiger partial charge is 0.370 e. The maximum Gasteiger partial charge on any atom is 0.322 e. The van der Waals surface area contributed by atoms with Gasteiger partial charge in [0, 0.05) is 43.8 Å². The second-order valence-corrected chi connectivity index (χ2v) is 10.6. The summed E-state index contributed by atoms with van der Waals surface area (Å²) in [5.74, 6) is -1.05. The molecule has 4 rings (SSSR count). The highest BCUT2D eigenvalue weighted by Gasteiger charge is 2.33. The van der Waals surface area contributed by atoms with E-state index in [9.17, 15) is 13.2 Å². The summed E-state index contributed by atoms with van der Waals surface area (Å²) in [6, 6.07) is 12.9. The minimum Gasteiger partial charge on any atom is -0.370 e. The first kappa shape index (κ1) is 24.1. The quantitative estimate of drug-likeness (QED) is 0.325. The maximum absolute atomic E-state index is 15.2. The molecular weight excluding hydrogens is 479 g/mol. The van der Waals surface area contributed by atoms with Gasteiger partial charge in [0.1, 0.15) is 10.7 Å². The summed E-state index contributed by atoms with van der Waals surface area (Å²) < 4.78 is 41.7. The Bertz CT molecular complexity index is 1240. The number of likely N-dealkylation sites (N-methyl/N-ethyl adjacent to an activating group) is 1. The summed E-state index contributed by atoms with van der Waals surface area (Å²) in [5, 5.41) is 1.38. The van der Waals surface area contributed by atoms with E-state index >= 15 is 4.39 Å². The predicted molar refractivity (Wildman–Crippen MR) is 129 cm³/mol. The summed E-state index contributed by atoms with van der Waals surface area (Å²) in [4.78, 5) is 23.2. The number of halogens is 1. The van der Waals surface area contributed by atoms with Crippen molar-refractivity contribution in [3.63, 3.8) is 0 Å². The number of anilines is 2. The standard InChI is InChI=1S/C23H25FN4O4S2/c1-17-10-22(34(30,31)28(32-16-29)23-14-33-15-25-23)20(24)11-21(17)26(2)19-8-9-27(13-19)12-18-6-4-3-5-7-18/h3-7,10-11,14-16,19H,8-9,12-13H2,1-2H3/t19-/m0/s1. The minimum atomic E-state index is -4.52. The molecule has 8 nitrogen and oxygen atoms in total. The van der Waals surface area contributed by atoms with Crippen molar-refractivity contribution >= 4 is 39.3 Å². The lowest BCUT2D eigenvalue weighted by Crippen LogP contribution is -2.35. The molecule has 11 heteroatoms. The Morgan fingerprint density at radius 2 is 2.06 bits per heavy atom. The van der Waals surface area contributed by atoms with Gasteiger partial charge in [0.25, 0.3) is 10.0 Å². The molecule has 0 bridgehead atoms. The molecule has 0 saturated carbocycles. The summed E-state index contributed by atoms with van der Waals surface area (Å²) in [6.45, 7) is 4.28. The molecule has 1 aromatic heterocycles. The van der Waals surface area contributed by atoms with Gasteiger partial charge in [-0.2, -0.15) is 8.42 Å². The predicted octanol–water partition coefficient (Wildman–Crippen LogP) is 3.58. The van der Waals surface area contributed by atoms with Crippen LogP contribution in [0.4, 0.5) is 15.9 Å². The molecule has 1 atom stereocenters. The van der Waals surface area contributed by atoms with E-state index in [0.717, 1.165) is 37.4 Å². The molecule has 0 aliphatic carbocycles. The molecule has 0 N–H and O–H groups in total. The van der Waals surface area contributed by atoms with E-state index < -0.39 is 20.7 Å². The van der Waals surface area contributed by atoms with Crippen LogP contribution in [0.15, 0.2) is 58.3 Å². The smallest absolute Gasteiger partial charge is 0.322 e. The van der Waals surface area contributed by atoms with Crippen molar-refractivity contribution in [1.29, 1.82) is 0 Å². The zero-order chi connectivity index (χ0) is 24.3.